The van der Waals surface area contributed by atoms with E-state index in [0.29, 0.717) is 5.91 Å². The fourth-order valence-corrected chi connectivity index (χ4v) is 3.08. The average molecular weight is 283 g/mol. The molecular weight excluding hydrogens is 250 g/mol. The van der Waals surface area contributed by atoms with E-state index < -0.39 is 0 Å². The molecule has 1 heterocycles. The van der Waals surface area contributed by atoms with Crippen LogP contribution in [-0.2, 0) is 4.79 Å². The second-order valence-corrected chi connectivity index (χ2v) is 5.94. The second-order valence-electron chi connectivity index (χ2n) is 5.94. The third kappa shape index (κ3) is 5.80. The van der Waals surface area contributed by atoms with E-state index in [1.165, 1.54) is 0 Å². The molecule has 1 saturated heterocycles. The molecule has 20 heavy (non-hydrogen) atoms. The Morgan fingerprint density at radius 3 is 2.40 bits per heavy atom. The molecule has 4 heteroatoms. The maximum Gasteiger partial charge on any atom is 0.225 e. The monoisotopic (exact) mass is 283 g/mol. The van der Waals surface area contributed by atoms with Crippen molar-refractivity contribution in [2.24, 2.45) is 11.7 Å². The van der Waals surface area contributed by atoms with E-state index >= 15 is 0 Å². The fourth-order valence-electron chi connectivity index (χ4n) is 3.08. The van der Waals surface area contributed by atoms with Gasteiger partial charge in [0.25, 0.3) is 0 Å². The van der Waals surface area contributed by atoms with Gasteiger partial charge in [-0.25, -0.2) is 0 Å². The first-order chi connectivity index (χ1) is 9.72. The molecular formula is C16H33N3O. The van der Waals surface area contributed by atoms with Crippen LogP contribution in [0, 0.1) is 5.92 Å². The summed E-state index contributed by atoms with van der Waals surface area (Å²) in [6.45, 7) is 10.1. The van der Waals surface area contributed by atoms with Gasteiger partial charge in [-0.15, -0.1) is 0 Å². The fraction of sp³-hybridized carbons (Fsp3) is 0.938. The standard InChI is InChI=1S/C16H33N3O/c1-3-7-15(8-4-2)16(20)19-12-6-11-18(13-14-19)10-5-9-17/h15H,3-14,17H2,1-2H3. The normalized spacial score (nSPS) is 17.5. The van der Waals surface area contributed by atoms with Gasteiger partial charge in [-0.2, -0.15) is 0 Å². The molecule has 1 fully saturated rings. The predicted molar refractivity (Wildman–Crippen MR) is 84.6 cm³/mol. The highest BCUT2D eigenvalue weighted by atomic mass is 16.2. The Labute approximate surface area is 124 Å². The van der Waals surface area contributed by atoms with Crippen molar-refractivity contribution in [2.45, 2.75) is 52.4 Å². The van der Waals surface area contributed by atoms with E-state index in [1.807, 2.05) is 0 Å². The number of carbonyl (C=O) groups excluding carboxylic acids is 1. The van der Waals surface area contributed by atoms with Gasteiger partial charge in [-0.3, -0.25) is 4.79 Å². The van der Waals surface area contributed by atoms with E-state index in [4.69, 9.17) is 5.73 Å². The van der Waals surface area contributed by atoms with Crippen LogP contribution in [0.1, 0.15) is 52.4 Å². The van der Waals surface area contributed by atoms with Crippen molar-refractivity contribution in [1.82, 2.24) is 9.80 Å². The quantitative estimate of drug-likeness (QED) is 0.742. The van der Waals surface area contributed by atoms with Crippen molar-refractivity contribution in [1.29, 1.82) is 0 Å². The summed E-state index contributed by atoms with van der Waals surface area (Å²) in [6.07, 6.45) is 6.45. The summed E-state index contributed by atoms with van der Waals surface area (Å²) in [5.74, 6) is 0.648. The predicted octanol–water partition coefficient (Wildman–Crippen LogP) is 2.09. The van der Waals surface area contributed by atoms with Gasteiger partial charge in [0, 0.05) is 25.6 Å². The van der Waals surface area contributed by atoms with Crippen LogP contribution in [0.3, 0.4) is 0 Å². The van der Waals surface area contributed by atoms with Crippen LogP contribution in [0.2, 0.25) is 0 Å². The molecule has 118 valence electrons. The smallest absolute Gasteiger partial charge is 0.225 e. The van der Waals surface area contributed by atoms with Gasteiger partial charge in [0.2, 0.25) is 5.91 Å². The van der Waals surface area contributed by atoms with Crippen LogP contribution >= 0.6 is 0 Å². The van der Waals surface area contributed by atoms with Gasteiger partial charge in [0.15, 0.2) is 0 Å². The van der Waals surface area contributed by atoms with Crippen LogP contribution in [0.5, 0.6) is 0 Å². The molecule has 0 unspecified atom stereocenters. The Kier molecular flexibility index (Phi) is 8.86. The lowest BCUT2D eigenvalue weighted by atomic mass is 9.96. The molecule has 1 amide bonds. The molecule has 0 spiro atoms. The summed E-state index contributed by atoms with van der Waals surface area (Å²) in [6, 6.07) is 0. The van der Waals surface area contributed by atoms with Crippen molar-refractivity contribution < 1.29 is 4.79 Å². The molecule has 2 N–H and O–H groups in total. The second kappa shape index (κ2) is 10.2. The average Bonchev–Trinajstić information content (AvgIpc) is 2.69. The Morgan fingerprint density at radius 1 is 1.10 bits per heavy atom. The number of amides is 1. The van der Waals surface area contributed by atoms with Crippen molar-refractivity contribution in [3.05, 3.63) is 0 Å². The highest BCUT2D eigenvalue weighted by molar-refractivity contribution is 5.78. The van der Waals surface area contributed by atoms with Gasteiger partial charge in [-0.05, 0) is 45.3 Å². The Hall–Kier alpha value is -0.610. The number of carbonyl (C=O) groups is 1. The summed E-state index contributed by atoms with van der Waals surface area (Å²) in [4.78, 5) is 17.2. The first kappa shape index (κ1) is 17.4. The van der Waals surface area contributed by atoms with E-state index in [2.05, 4.69) is 23.6 Å². The molecule has 1 aliphatic rings. The number of hydrogen-bond donors (Lipinski definition) is 1. The topological polar surface area (TPSA) is 49.6 Å². The van der Waals surface area contributed by atoms with Crippen LogP contribution < -0.4 is 5.73 Å². The molecule has 0 aromatic heterocycles. The summed E-state index contributed by atoms with van der Waals surface area (Å²) in [7, 11) is 0. The number of nitrogens with zero attached hydrogens (tertiary/aromatic N) is 2. The molecule has 0 radical (unpaired) electrons. The molecule has 1 aliphatic heterocycles. The van der Waals surface area contributed by atoms with Crippen LogP contribution in [0.25, 0.3) is 0 Å². The minimum Gasteiger partial charge on any atom is -0.341 e. The Morgan fingerprint density at radius 2 is 1.80 bits per heavy atom. The summed E-state index contributed by atoms with van der Waals surface area (Å²) in [5, 5.41) is 0. The van der Waals surface area contributed by atoms with Gasteiger partial charge in [0.1, 0.15) is 0 Å². The molecule has 1 rings (SSSR count). The Balaban J connectivity index is 2.47. The maximum atomic E-state index is 12.6. The molecule has 0 aromatic rings. The zero-order valence-electron chi connectivity index (χ0n) is 13.4. The van der Waals surface area contributed by atoms with Crippen molar-refractivity contribution in [3.8, 4) is 0 Å². The highest BCUT2D eigenvalue weighted by Gasteiger charge is 2.24. The van der Waals surface area contributed by atoms with Crippen molar-refractivity contribution >= 4 is 5.91 Å². The van der Waals surface area contributed by atoms with Gasteiger partial charge in [-0.1, -0.05) is 26.7 Å². The van der Waals surface area contributed by atoms with Gasteiger partial charge >= 0.3 is 0 Å². The van der Waals surface area contributed by atoms with E-state index in [0.717, 1.165) is 77.8 Å². The SMILES string of the molecule is CCCC(CCC)C(=O)N1CCCN(CCCN)CC1. The maximum absolute atomic E-state index is 12.6. The lowest BCUT2D eigenvalue weighted by molar-refractivity contribution is -0.135. The first-order valence-corrected chi connectivity index (χ1v) is 8.44. The van der Waals surface area contributed by atoms with Gasteiger partial charge < -0.3 is 15.5 Å². The minimum absolute atomic E-state index is 0.251. The van der Waals surface area contributed by atoms with E-state index in [9.17, 15) is 4.79 Å². The third-order valence-electron chi connectivity index (χ3n) is 4.20. The van der Waals surface area contributed by atoms with Crippen LogP contribution in [0.15, 0.2) is 0 Å². The van der Waals surface area contributed by atoms with Crippen molar-refractivity contribution in [3.63, 3.8) is 0 Å². The molecule has 0 saturated carbocycles. The van der Waals surface area contributed by atoms with Crippen LogP contribution in [-0.4, -0.2) is 55.0 Å². The summed E-state index contributed by atoms with van der Waals surface area (Å²) < 4.78 is 0. The van der Waals surface area contributed by atoms with Crippen molar-refractivity contribution in [2.75, 3.05) is 39.3 Å². The third-order valence-corrected chi connectivity index (χ3v) is 4.20. The molecule has 4 nitrogen and oxygen atoms in total. The first-order valence-electron chi connectivity index (χ1n) is 8.44. The lowest BCUT2D eigenvalue weighted by Crippen LogP contribution is -2.39. The minimum atomic E-state index is 0.251. The van der Waals surface area contributed by atoms with E-state index in [1.54, 1.807) is 0 Å². The molecule has 0 bridgehead atoms. The molecule has 0 aromatic carbocycles. The van der Waals surface area contributed by atoms with Crippen LogP contribution in [0.4, 0.5) is 0 Å². The highest BCUT2D eigenvalue weighted by Crippen LogP contribution is 2.18. The lowest BCUT2D eigenvalue weighted by Gasteiger charge is -2.26. The number of nitrogens with two attached hydrogens (primary N) is 1. The Bertz CT molecular complexity index is 264. The zero-order chi connectivity index (χ0) is 14.8. The molecule has 0 atom stereocenters. The van der Waals surface area contributed by atoms with Gasteiger partial charge in [0.05, 0.1) is 0 Å². The largest absolute Gasteiger partial charge is 0.341 e. The molecule has 0 aliphatic carbocycles. The zero-order valence-corrected chi connectivity index (χ0v) is 13.4. The summed E-state index contributed by atoms with van der Waals surface area (Å²) >= 11 is 0. The number of hydrogen-bond acceptors (Lipinski definition) is 3. The number of rotatable bonds is 8. The van der Waals surface area contributed by atoms with E-state index in [-0.39, 0.29) is 5.92 Å². The summed E-state index contributed by atoms with van der Waals surface area (Å²) in [5.41, 5.74) is 5.58.